The highest BCUT2D eigenvalue weighted by atomic mass is 16.2. The maximum Gasteiger partial charge on any atom is 0.229 e. The summed E-state index contributed by atoms with van der Waals surface area (Å²) >= 11 is 0. The maximum atomic E-state index is 12.8. The molecule has 0 unspecified atom stereocenters. The molecule has 142 valence electrons. The monoisotopic (exact) mass is 381 g/mol. The quantitative estimate of drug-likeness (QED) is 0.750. The zero-order chi connectivity index (χ0) is 20.0. The minimum Gasteiger partial charge on any atom is -0.325 e. The lowest BCUT2D eigenvalue weighted by atomic mass is 10.0. The van der Waals surface area contributed by atoms with Gasteiger partial charge in [-0.05, 0) is 47.6 Å². The fourth-order valence-corrected chi connectivity index (χ4v) is 4.51. The minimum atomic E-state index is -0.447. The van der Waals surface area contributed by atoms with Crippen LogP contribution in [0.15, 0.2) is 54.6 Å². The Morgan fingerprint density at radius 2 is 1.83 bits per heavy atom. The van der Waals surface area contributed by atoms with Gasteiger partial charge in [-0.3, -0.25) is 9.59 Å². The van der Waals surface area contributed by atoms with Crippen LogP contribution in [0.3, 0.4) is 0 Å². The summed E-state index contributed by atoms with van der Waals surface area (Å²) in [5.74, 6) is -0.718. The highest BCUT2D eigenvalue weighted by Crippen LogP contribution is 2.38. The molecule has 1 aliphatic heterocycles. The van der Waals surface area contributed by atoms with Gasteiger partial charge >= 0.3 is 0 Å². The van der Waals surface area contributed by atoms with Crippen LogP contribution in [0.4, 0.5) is 11.4 Å². The third kappa shape index (κ3) is 2.85. The van der Waals surface area contributed by atoms with Gasteiger partial charge < -0.3 is 10.2 Å². The third-order valence-electron chi connectivity index (χ3n) is 5.95. The van der Waals surface area contributed by atoms with Crippen molar-refractivity contribution in [1.29, 1.82) is 5.26 Å². The van der Waals surface area contributed by atoms with Crippen molar-refractivity contribution in [2.75, 3.05) is 16.8 Å². The zero-order valence-corrected chi connectivity index (χ0v) is 15.8. The van der Waals surface area contributed by atoms with Crippen LogP contribution in [0.2, 0.25) is 0 Å². The molecular formula is C24H19N3O2. The van der Waals surface area contributed by atoms with E-state index in [0.717, 1.165) is 23.9 Å². The largest absolute Gasteiger partial charge is 0.325 e. The second-order valence-electron chi connectivity index (χ2n) is 7.64. The van der Waals surface area contributed by atoms with E-state index >= 15 is 0 Å². The van der Waals surface area contributed by atoms with E-state index in [0.29, 0.717) is 17.8 Å². The fraction of sp³-hybridized carbons (Fsp3) is 0.208. The average Bonchev–Trinajstić information content (AvgIpc) is 3.34. The SMILES string of the molecule is N#Cc1ccccc1NC(=O)[C@H]1CC(=O)N(c2ccc3c4c(cccc24)CC3)C1. The fourth-order valence-electron chi connectivity index (χ4n) is 4.51. The first-order valence-corrected chi connectivity index (χ1v) is 9.79. The third-order valence-corrected chi connectivity index (χ3v) is 5.95. The summed E-state index contributed by atoms with van der Waals surface area (Å²) < 4.78 is 0. The number of benzene rings is 3. The molecule has 1 aliphatic carbocycles. The molecule has 1 saturated heterocycles. The molecule has 0 bridgehead atoms. The van der Waals surface area contributed by atoms with Gasteiger partial charge in [-0.1, -0.05) is 36.4 Å². The maximum absolute atomic E-state index is 12.8. The van der Waals surface area contributed by atoms with Gasteiger partial charge in [0.05, 0.1) is 22.9 Å². The number of aryl methyl sites for hydroxylation is 2. The number of hydrogen-bond acceptors (Lipinski definition) is 3. The number of para-hydroxylation sites is 1. The molecule has 5 rings (SSSR count). The Kier molecular flexibility index (Phi) is 4.06. The predicted molar refractivity (Wildman–Crippen MR) is 112 cm³/mol. The van der Waals surface area contributed by atoms with Gasteiger partial charge in [0.2, 0.25) is 11.8 Å². The molecule has 1 atom stereocenters. The molecule has 1 N–H and O–H groups in total. The topological polar surface area (TPSA) is 73.2 Å². The molecular weight excluding hydrogens is 362 g/mol. The Bertz CT molecular complexity index is 1200. The van der Waals surface area contributed by atoms with Crippen molar-refractivity contribution in [2.24, 2.45) is 5.92 Å². The molecule has 1 fully saturated rings. The lowest BCUT2D eigenvalue weighted by molar-refractivity contribution is -0.122. The molecule has 5 nitrogen and oxygen atoms in total. The van der Waals surface area contributed by atoms with Crippen molar-refractivity contribution in [3.63, 3.8) is 0 Å². The molecule has 0 saturated carbocycles. The van der Waals surface area contributed by atoms with Crippen LogP contribution in [0, 0.1) is 17.2 Å². The van der Waals surface area contributed by atoms with Gasteiger partial charge in [0.25, 0.3) is 0 Å². The lowest BCUT2D eigenvalue weighted by Gasteiger charge is -2.20. The number of rotatable bonds is 3. The molecule has 2 aliphatic rings. The number of hydrogen-bond donors (Lipinski definition) is 1. The van der Waals surface area contributed by atoms with Crippen LogP contribution < -0.4 is 10.2 Å². The second kappa shape index (κ2) is 6.75. The number of carbonyl (C=O) groups excluding carboxylic acids is 2. The molecule has 1 heterocycles. The summed E-state index contributed by atoms with van der Waals surface area (Å²) in [7, 11) is 0. The number of amides is 2. The molecule has 29 heavy (non-hydrogen) atoms. The molecule has 0 aromatic heterocycles. The van der Waals surface area contributed by atoms with Crippen molar-refractivity contribution in [3.05, 3.63) is 71.3 Å². The van der Waals surface area contributed by atoms with Crippen molar-refractivity contribution in [1.82, 2.24) is 0 Å². The number of nitrogens with one attached hydrogen (secondary N) is 1. The summed E-state index contributed by atoms with van der Waals surface area (Å²) in [4.78, 5) is 27.3. The number of nitriles is 1. The predicted octanol–water partition coefficient (Wildman–Crippen LogP) is 3.80. The Hall–Kier alpha value is -3.65. The van der Waals surface area contributed by atoms with E-state index in [9.17, 15) is 14.9 Å². The lowest BCUT2D eigenvalue weighted by Crippen LogP contribution is -2.28. The van der Waals surface area contributed by atoms with Gasteiger partial charge in [0, 0.05) is 18.4 Å². The van der Waals surface area contributed by atoms with Crippen LogP contribution >= 0.6 is 0 Å². The van der Waals surface area contributed by atoms with E-state index in [1.165, 1.54) is 16.5 Å². The van der Waals surface area contributed by atoms with E-state index in [-0.39, 0.29) is 18.2 Å². The van der Waals surface area contributed by atoms with Crippen molar-refractivity contribution in [2.45, 2.75) is 19.3 Å². The van der Waals surface area contributed by atoms with Gasteiger partial charge in [-0.15, -0.1) is 0 Å². The van der Waals surface area contributed by atoms with E-state index in [4.69, 9.17) is 0 Å². The van der Waals surface area contributed by atoms with E-state index in [1.807, 2.05) is 12.1 Å². The summed E-state index contributed by atoms with van der Waals surface area (Å²) in [6.45, 7) is 0.345. The number of carbonyl (C=O) groups is 2. The average molecular weight is 381 g/mol. The molecule has 3 aromatic carbocycles. The second-order valence-corrected chi connectivity index (χ2v) is 7.64. The van der Waals surface area contributed by atoms with Crippen LogP contribution in [-0.2, 0) is 22.4 Å². The smallest absolute Gasteiger partial charge is 0.229 e. The van der Waals surface area contributed by atoms with Gasteiger partial charge in [-0.25, -0.2) is 0 Å². The first-order valence-electron chi connectivity index (χ1n) is 9.79. The summed E-state index contributed by atoms with van der Waals surface area (Å²) in [5.41, 5.74) is 4.43. The summed E-state index contributed by atoms with van der Waals surface area (Å²) in [5, 5.41) is 14.4. The Morgan fingerprint density at radius 1 is 1.03 bits per heavy atom. The molecule has 0 spiro atoms. The van der Waals surface area contributed by atoms with Crippen molar-refractivity contribution < 1.29 is 9.59 Å². The van der Waals surface area contributed by atoms with Crippen LogP contribution in [0.5, 0.6) is 0 Å². The Labute approximate surface area is 168 Å². The zero-order valence-electron chi connectivity index (χ0n) is 15.8. The highest BCUT2D eigenvalue weighted by Gasteiger charge is 2.36. The first-order chi connectivity index (χ1) is 14.2. The summed E-state index contributed by atoms with van der Waals surface area (Å²) in [6.07, 6.45) is 2.24. The van der Waals surface area contributed by atoms with Crippen LogP contribution in [0.1, 0.15) is 23.1 Å². The van der Waals surface area contributed by atoms with E-state index < -0.39 is 5.92 Å². The molecule has 3 aromatic rings. The van der Waals surface area contributed by atoms with Crippen LogP contribution in [-0.4, -0.2) is 18.4 Å². The Morgan fingerprint density at radius 3 is 2.66 bits per heavy atom. The van der Waals surface area contributed by atoms with E-state index in [1.54, 1.807) is 29.2 Å². The molecule has 0 radical (unpaired) electrons. The molecule has 2 amide bonds. The standard InChI is InChI=1S/C24H19N3O2/c25-13-17-4-1-2-7-20(17)26-24(29)18-12-22(28)27(14-18)21-11-10-16-9-8-15-5-3-6-19(21)23(15)16/h1-7,10-11,18H,8-9,12,14H2,(H,26,29)/t18-/m0/s1. The minimum absolute atomic E-state index is 0.0441. The Balaban J connectivity index is 1.42. The number of anilines is 2. The van der Waals surface area contributed by atoms with Crippen molar-refractivity contribution >= 4 is 34.0 Å². The van der Waals surface area contributed by atoms with Gasteiger partial charge in [0.15, 0.2) is 0 Å². The van der Waals surface area contributed by atoms with Gasteiger partial charge in [0.1, 0.15) is 6.07 Å². The van der Waals surface area contributed by atoms with Gasteiger partial charge in [-0.2, -0.15) is 5.26 Å². The number of nitrogens with zero attached hydrogens (tertiary/aromatic N) is 2. The first kappa shape index (κ1) is 17.4. The summed E-state index contributed by atoms with van der Waals surface area (Å²) in [6, 6.07) is 19.3. The van der Waals surface area contributed by atoms with E-state index in [2.05, 4.69) is 29.6 Å². The van der Waals surface area contributed by atoms with Crippen LogP contribution in [0.25, 0.3) is 10.8 Å². The highest BCUT2D eigenvalue weighted by molar-refractivity contribution is 6.09. The van der Waals surface area contributed by atoms with Crippen molar-refractivity contribution in [3.8, 4) is 6.07 Å². The normalized spacial score (nSPS) is 17.6. The molecule has 5 heteroatoms.